The predicted molar refractivity (Wildman–Crippen MR) is 142 cm³/mol. The van der Waals surface area contributed by atoms with Crippen LogP contribution >= 0.6 is 0 Å². The van der Waals surface area contributed by atoms with Crippen molar-refractivity contribution in [3.05, 3.63) is 11.6 Å². The van der Waals surface area contributed by atoms with Gasteiger partial charge >= 0.3 is 6.09 Å². The minimum Gasteiger partial charge on any atom is -0.443 e. The van der Waals surface area contributed by atoms with E-state index in [1.165, 1.54) is 5.57 Å². The fraction of sp³-hybridized carbons (Fsp3) is 0.862. The van der Waals surface area contributed by atoms with Crippen LogP contribution in [0.4, 0.5) is 4.79 Å². The van der Waals surface area contributed by atoms with Crippen molar-refractivity contribution in [2.75, 3.05) is 66.2 Å². The van der Waals surface area contributed by atoms with Gasteiger partial charge in [0.05, 0.1) is 31.8 Å². The summed E-state index contributed by atoms with van der Waals surface area (Å²) in [5, 5.41) is 3.10. The van der Waals surface area contributed by atoms with Crippen molar-refractivity contribution >= 4 is 12.0 Å². The van der Waals surface area contributed by atoms with Gasteiger partial charge in [-0.2, -0.15) is 0 Å². The number of piperidine rings is 1. The molecule has 4 heterocycles. The molecule has 10 nitrogen and oxygen atoms in total. The van der Waals surface area contributed by atoms with E-state index in [2.05, 4.69) is 37.1 Å². The molecule has 4 aliphatic heterocycles. The molecule has 0 aromatic rings. The normalized spacial score (nSPS) is 42.6. The molecule has 1 spiro atoms. The molecule has 39 heavy (non-hydrogen) atoms. The highest BCUT2D eigenvalue weighted by Crippen LogP contribution is 2.60. The largest absolute Gasteiger partial charge is 0.443 e. The fourth-order valence-corrected chi connectivity index (χ4v) is 7.62. The lowest BCUT2D eigenvalue weighted by atomic mass is 9.68. The quantitative estimate of drug-likeness (QED) is 0.344. The third-order valence-electron chi connectivity index (χ3n) is 10.1. The molecule has 2 amide bonds. The highest BCUT2D eigenvalue weighted by atomic mass is 16.6. The topological polar surface area (TPSA) is 105 Å². The van der Waals surface area contributed by atoms with Gasteiger partial charge in [-0.1, -0.05) is 11.6 Å². The van der Waals surface area contributed by atoms with Gasteiger partial charge < -0.3 is 33.9 Å². The summed E-state index contributed by atoms with van der Waals surface area (Å²) in [6.07, 6.45) is 3.83. The summed E-state index contributed by atoms with van der Waals surface area (Å²) in [5.74, 6) is 0.610. The van der Waals surface area contributed by atoms with Crippen molar-refractivity contribution in [3.8, 4) is 0 Å². The molecule has 2 saturated carbocycles. The second-order valence-corrected chi connectivity index (χ2v) is 12.8. The van der Waals surface area contributed by atoms with E-state index < -0.39 is 0 Å². The molecule has 6 fully saturated rings. The summed E-state index contributed by atoms with van der Waals surface area (Å²) in [6.45, 7) is 13.1. The number of morpholine rings is 1. The number of carbonyl (C=O) groups excluding carboxylic acids is 2. The van der Waals surface area contributed by atoms with Crippen LogP contribution < -0.4 is 5.32 Å². The number of amides is 2. The molecule has 9 atom stereocenters. The molecule has 0 bridgehead atoms. The second kappa shape index (κ2) is 10.6. The van der Waals surface area contributed by atoms with Gasteiger partial charge in [0.15, 0.2) is 0 Å². The SMILES string of the molecule is CO[C@@H]1[C@H](OC(=O)N2C[C@@H]3C(C(=O)NCCN4CCOCC4)[C@@H]3C2)CC[C@]2(CO2)[C@H]1[C@@]1(C)O[C@@H]1CC=C(C)C. The van der Waals surface area contributed by atoms with Crippen molar-refractivity contribution in [2.45, 2.75) is 69.5 Å². The summed E-state index contributed by atoms with van der Waals surface area (Å²) in [4.78, 5) is 30.0. The van der Waals surface area contributed by atoms with Crippen molar-refractivity contribution < 1.29 is 33.3 Å². The van der Waals surface area contributed by atoms with E-state index in [0.29, 0.717) is 32.7 Å². The van der Waals surface area contributed by atoms with Crippen molar-refractivity contribution in [1.82, 2.24) is 15.1 Å². The van der Waals surface area contributed by atoms with E-state index in [4.69, 9.17) is 23.7 Å². The number of nitrogens with one attached hydrogen (secondary N) is 1. The van der Waals surface area contributed by atoms with Crippen LogP contribution in [-0.2, 0) is 28.5 Å². The number of fused-ring (bicyclic) bond motifs is 1. The smallest absolute Gasteiger partial charge is 0.410 e. The van der Waals surface area contributed by atoms with E-state index in [9.17, 15) is 9.59 Å². The number of hydrogen-bond donors (Lipinski definition) is 1. The maximum Gasteiger partial charge on any atom is 0.410 e. The number of rotatable bonds is 9. The Morgan fingerprint density at radius 3 is 2.51 bits per heavy atom. The Morgan fingerprint density at radius 2 is 1.87 bits per heavy atom. The molecule has 10 heteroatoms. The van der Waals surface area contributed by atoms with Crippen LogP contribution in [0.1, 0.15) is 40.0 Å². The average Bonchev–Trinajstić information content (AvgIpc) is 3.88. The third-order valence-corrected chi connectivity index (χ3v) is 10.1. The second-order valence-electron chi connectivity index (χ2n) is 12.8. The van der Waals surface area contributed by atoms with Crippen LogP contribution in [0.2, 0.25) is 0 Å². The maximum atomic E-state index is 13.2. The van der Waals surface area contributed by atoms with Gasteiger partial charge in [-0.15, -0.1) is 0 Å². The molecule has 0 aromatic carbocycles. The first-order valence-electron chi connectivity index (χ1n) is 14.8. The van der Waals surface area contributed by atoms with Crippen molar-refractivity contribution in [3.63, 3.8) is 0 Å². The first kappa shape index (κ1) is 27.4. The summed E-state index contributed by atoms with van der Waals surface area (Å²) in [5.41, 5.74) is 0.682. The summed E-state index contributed by atoms with van der Waals surface area (Å²) >= 11 is 0. The van der Waals surface area contributed by atoms with Crippen LogP contribution in [0.15, 0.2) is 11.6 Å². The van der Waals surface area contributed by atoms with E-state index in [-0.39, 0.29) is 65.2 Å². The van der Waals surface area contributed by atoms with E-state index in [0.717, 1.165) is 45.7 Å². The Morgan fingerprint density at radius 1 is 1.15 bits per heavy atom. The predicted octanol–water partition coefficient (Wildman–Crippen LogP) is 1.83. The Labute approximate surface area is 231 Å². The molecule has 2 aliphatic carbocycles. The van der Waals surface area contributed by atoms with E-state index >= 15 is 0 Å². The number of likely N-dealkylation sites (tertiary alicyclic amines) is 1. The Kier molecular flexibility index (Phi) is 7.46. The first-order valence-corrected chi connectivity index (χ1v) is 14.8. The highest BCUT2D eigenvalue weighted by Gasteiger charge is 2.72. The minimum atomic E-state index is -0.355. The first-order chi connectivity index (χ1) is 18.8. The maximum absolute atomic E-state index is 13.2. The van der Waals surface area contributed by atoms with Gasteiger partial charge in [-0.05, 0) is 51.9 Å². The summed E-state index contributed by atoms with van der Waals surface area (Å²) < 4.78 is 29.8. The molecule has 4 saturated heterocycles. The fourth-order valence-electron chi connectivity index (χ4n) is 7.62. The van der Waals surface area contributed by atoms with Crippen LogP contribution in [0.25, 0.3) is 0 Å². The monoisotopic (exact) mass is 547 g/mol. The molecule has 1 N–H and O–H groups in total. The van der Waals surface area contributed by atoms with Gasteiger partial charge in [0.1, 0.15) is 23.4 Å². The standard InChI is InChI=1S/C29H45N3O7/c1-18(2)5-6-22-28(3,39-22)25-24(35-4)21(7-8-29(25)17-37-29)38-27(34)32-15-19-20(16-32)23(19)26(33)30-9-10-31-11-13-36-14-12-31/h5,19-25H,6-17H2,1-4H3,(H,30,33)/t19-,20+,21-,22-,23?,24-,25-,28+,29+/m1/s1. The van der Waals surface area contributed by atoms with Crippen LogP contribution in [-0.4, -0.2) is 118 Å². The number of ether oxygens (including phenoxy) is 5. The highest BCUT2D eigenvalue weighted by molar-refractivity contribution is 5.83. The molecular weight excluding hydrogens is 502 g/mol. The molecular formula is C29H45N3O7. The zero-order chi connectivity index (χ0) is 27.4. The van der Waals surface area contributed by atoms with Crippen molar-refractivity contribution in [1.29, 1.82) is 0 Å². The Bertz CT molecular complexity index is 964. The zero-order valence-electron chi connectivity index (χ0n) is 23.9. The molecule has 1 unspecified atom stereocenters. The molecule has 6 rings (SSSR count). The molecule has 0 radical (unpaired) electrons. The van der Waals surface area contributed by atoms with Gasteiger partial charge in [0.2, 0.25) is 5.91 Å². The molecule has 0 aromatic heterocycles. The van der Waals surface area contributed by atoms with Crippen LogP contribution in [0.5, 0.6) is 0 Å². The summed E-state index contributed by atoms with van der Waals surface area (Å²) in [6, 6.07) is 0. The van der Waals surface area contributed by atoms with Gasteiger partial charge in [-0.3, -0.25) is 9.69 Å². The lowest BCUT2D eigenvalue weighted by molar-refractivity contribution is -0.124. The number of methoxy groups -OCH3 is 1. The molecule has 218 valence electrons. The van der Waals surface area contributed by atoms with Crippen LogP contribution in [0, 0.1) is 23.7 Å². The molecule has 6 aliphatic rings. The van der Waals surface area contributed by atoms with Gasteiger partial charge in [0.25, 0.3) is 0 Å². The lowest BCUT2D eigenvalue weighted by Crippen LogP contribution is -2.56. The van der Waals surface area contributed by atoms with Gasteiger partial charge in [-0.25, -0.2) is 4.79 Å². The number of allylic oxidation sites excluding steroid dienone is 1. The number of hydrogen-bond acceptors (Lipinski definition) is 8. The van der Waals surface area contributed by atoms with Crippen molar-refractivity contribution in [2.24, 2.45) is 23.7 Å². The zero-order valence-corrected chi connectivity index (χ0v) is 23.9. The van der Waals surface area contributed by atoms with Gasteiger partial charge in [0, 0.05) is 52.3 Å². The lowest BCUT2D eigenvalue weighted by Gasteiger charge is -2.43. The van der Waals surface area contributed by atoms with Crippen LogP contribution in [0.3, 0.4) is 0 Å². The minimum absolute atomic E-state index is 0.00892. The van der Waals surface area contributed by atoms with E-state index in [1.54, 1.807) is 12.0 Å². The Hall–Kier alpha value is -1.72. The van der Waals surface area contributed by atoms with E-state index in [1.807, 2.05) is 0 Å². The third kappa shape index (κ3) is 5.35. The average molecular weight is 548 g/mol. The number of nitrogens with zero attached hydrogens (tertiary/aromatic N) is 2. The number of carbonyl (C=O) groups is 2. The Balaban J connectivity index is 0.992. The number of epoxide rings is 2. The summed E-state index contributed by atoms with van der Waals surface area (Å²) in [7, 11) is 1.70.